The van der Waals surface area contributed by atoms with Crippen LogP contribution < -0.4 is 11.1 Å². The maximum atomic E-state index is 11.8. The zero-order valence-corrected chi connectivity index (χ0v) is 11.6. The van der Waals surface area contributed by atoms with Gasteiger partial charge >= 0.3 is 0 Å². The molecule has 0 unspecified atom stereocenters. The molecule has 1 aliphatic carbocycles. The van der Waals surface area contributed by atoms with Crippen LogP contribution in [0.3, 0.4) is 0 Å². The quantitative estimate of drug-likeness (QED) is 0.873. The van der Waals surface area contributed by atoms with Crippen LogP contribution >= 0.6 is 12.4 Å². The van der Waals surface area contributed by atoms with Gasteiger partial charge in [-0.1, -0.05) is 6.07 Å². The van der Waals surface area contributed by atoms with E-state index >= 15 is 0 Å². The highest BCUT2D eigenvalue weighted by Crippen LogP contribution is 2.32. The summed E-state index contributed by atoms with van der Waals surface area (Å²) in [7, 11) is 0. The summed E-state index contributed by atoms with van der Waals surface area (Å²) in [6.07, 6.45) is 6.73. The van der Waals surface area contributed by atoms with Crippen LogP contribution in [0.4, 0.5) is 0 Å². The van der Waals surface area contributed by atoms with Crippen molar-refractivity contribution < 1.29 is 4.79 Å². The van der Waals surface area contributed by atoms with Crippen molar-refractivity contribution in [1.29, 1.82) is 0 Å². The van der Waals surface area contributed by atoms with E-state index in [0.29, 0.717) is 6.54 Å². The second-order valence-corrected chi connectivity index (χ2v) is 4.78. The third-order valence-electron chi connectivity index (χ3n) is 3.27. The van der Waals surface area contributed by atoms with E-state index in [9.17, 15) is 4.79 Å². The number of carbonyl (C=O) groups is 1. The van der Waals surface area contributed by atoms with E-state index in [4.69, 9.17) is 5.73 Å². The highest BCUT2D eigenvalue weighted by molar-refractivity contribution is 5.88. The Bertz CT molecular complexity index is 595. The Labute approximate surface area is 122 Å². The van der Waals surface area contributed by atoms with Gasteiger partial charge in [0, 0.05) is 30.7 Å². The van der Waals surface area contributed by atoms with Crippen LogP contribution in [0, 0.1) is 0 Å². The van der Waals surface area contributed by atoms with E-state index in [-0.39, 0.29) is 18.3 Å². The van der Waals surface area contributed by atoms with Crippen LogP contribution in [0.25, 0.3) is 5.82 Å². The summed E-state index contributed by atoms with van der Waals surface area (Å²) >= 11 is 0. The molecule has 3 N–H and O–H groups in total. The lowest BCUT2D eigenvalue weighted by atomic mass is 10.2. The third kappa shape index (κ3) is 2.81. The van der Waals surface area contributed by atoms with Crippen LogP contribution in [0.5, 0.6) is 0 Å². The van der Waals surface area contributed by atoms with E-state index in [1.54, 1.807) is 17.1 Å². The molecule has 0 saturated heterocycles. The molecule has 0 bridgehead atoms. The Morgan fingerprint density at radius 1 is 1.40 bits per heavy atom. The first-order chi connectivity index (χ1) is 9.19. The normalized spacial score (nSPS) is 15.2. The lowest BCUT2D eigenvalue weighted by Gasteiger charge is -2.12. The minimum Gasteiger partial charge on any atom is -0.350 e. The molecule has 0 radical (unpaired) electrons. The van der Waals surface area contributed by atoms with Crippen LogP contribution in [0.2, 0.25) is 0 Å². The van der Waals surface area contributed by atoms with Gasteiger partial charge in [0.25, 0.3) is 0 Å². The Morgan fingerprint density at radius 2 is 2.20 bits per heavy atom. The zero-order chi connectivity index (χ0) is 13.3. The fourth-order valence-electron chi connectivity index (χ4n) is 1.88. The molecule has 2 heterocycles. The van der Waals surface area contributed by atoms with E-state index in [2.05, 4.69) is 15.4 Å². The molecule has 6 nitrogen and oxygen atoms in total. The summed E-state index contributed by atoms with van der Waals surface area (Å²) in [4.78, 5) is 16.1. The molecule has 20 heavy (non-hydrogen) atoms. The Kier molecular flexibility index (Phi) is 4.06. The van der Waals surface area contributed by atoms with Gasteiger partial charge < -0.3 is 11.1 Å². The lowest BCUT2D eigenvalue weighted by Crippen LogP contribution is -2.42. The fraction of sp³-hybridized carbons (Fsp3) is 0.308. The topological polar surface area (TPSA) is 85.8 Å². The van der Waals surface area contributed by atoms with Crippen LogP contribution in [0.15, 0.2) is 36.8 Å². The second kappa shape index (κ2) is 5.60. The third-order valence-corrected chi connectivity index (χ3v) is 3.27. The largest absolute Gasteiger partial charge is 0.350 e. The second-order valence-electron chi connectivity index (χ2n) is 4.78. The molecule has 7 heteroatoms. The first kappa shape index (κ1) is 14.5. The predicted molar refractivity (Wildman–Crippen MR) is 76.6 cm³/mol. The van der Waals surface area contributed by atoms with Crippen LogP contribution in [-0.4, -0.2) is 26.2 Å². The van der Waals surface area contributed by atoms with Crippen LogP contribution in [-0.2, 0) is 11.3 Å². The number of halogens is 1. The van der Waals surface area contributed by atoms with Gasteiger partial charge in [-0.3, -0.25) is 4.79 Å². The van der Waals surface area contributed by atoms with E-state index in [1.807, 2.05) is 24.4 Å². The molecule has 106 valence electrons. The van der Waals surface area contributed by atoms with Gasteiger partial charge in [0.15, 0.2) is 5.82 Å². The molecular weight excluding hydrogens is 278 g/mol. The standard InChI is InChI=1S/C13H15N5O.ClH/c14-13(4-5-13)12(19)16-9-10-3-1-6-15-11(10)18-8-2-7-17-18;/h1-3,6-8H,4-5,9,14H2,(H,16,19);1H. The van der Waals surface area contributed by atoms with Crippen molar-refractivity contribution in [1.82, 2.24) is 20.1 Å². The van der Waals surface area contributed by atoms with Gasteiger partial charge in [-0.05, 0) is 25.0 Å². The average Bonchev–Trinajstić information content (AvgIpc) is 2.97. The number of hydrogen-bond donors (Lipinski definition) is 2. The molecule has 0 spiro atoms. The SMILES string of the molecule is Cl.NC1(C(=O)NCc2cccnc2-n2cccn2)CC1. The summed E-state index contributed by atoms with van der Waals surface area (Å²) < 4.78 is 1.68. The number of nitrogens with one attached hydrogen (secondary N) is 1. The van der Waals surface area contributed by atoms with Crippen molar-refractivity contribution in [2.24, 2.45) is 5.73 Å². The minimum absolute atomic E-state index is 0. The number of pyridine rings is 1. The molecule has 0 aromatic carbocycles. The Balaban J connectivity index is 0.00000147. The van der Waals surface area contributed by atoms with Crippen molar-refractivity contribution in [3.05, 3.63) is 42.4 Å². The van der Waals surface area contributed by atoms with Crippen molar-refractivity contribution in [3.8, 4) is 5.82 Å². The van der Waals surface area contributed by atoms with Gasteiger partial charge in [0.1, 0.15) is 0 Å². The average molecular weight is 294 g/mol. The molecule has 2 aromatic rings. The predicted octanol–water partition coefficient (Wildman–Crippen LogP) is 0.797. The molecule has 1 fully saturated rings. The zero-order valence-electron chi connectivity index (χ0n) is 10.8. The van der Waals surface area contributed by atoms with E-state index < -0.39 is 5.54 Å². The smallest absolute Gasteiger partial charge is 0.240 e. The van der Waals surface area contributed by atoms with Crippen molar-refractivity contribution in [2.75, 3.05) is 0 Å². The number of nitrogens with zero attached hydrogens (tertiary/aromatic N) is 3. The molecular formula is C13H16ClN5O. The Morgan fingerprint density at radius 3 is 2.85 bits per heavy atom. The number of carbonyl (C=O) groups excluding carboxylic acids is 1. The van der Waals surface area contributed by atoms with Crippen LogP contribution in [0.1, 0.15) is 18.4 Å². The van der Waals surface area contributed by atoms with Gasteiger partial charge in [0.2, 0.25) is 5.91 Å². The molecule has 0 atom stereocenters. The van der Waals surface area contributed by atoms with Gasteiger partial charge in [-0.25, -0.2) is 9.67 Å². The minimum atomic E-state index is -0.645. The fourth-order valence-corrected chi connectivity index (χ4v) is 1.88. The maximum absolute atomic E-state index is 11.8. The molecule has 1 amide bonds. The monoisotopic (exact) mass is 293 g/mol. The van der Waals surface area contributed by atoms with Crippen molar-refractivity contribution in [3.63, 3.8) is 0 Å². The molecule has 2 aromatic heterocycles. The number of nitrogens with two attached hydrogens (primary N) is 1. The Hall–Kier alpha value is -1.92. The highest BCUT2D eigenvalue weighted by atomic mass is 35.5. The van der Waals surface area contributed by atoms with Crippen molar-refractivity contribution >= 4 is 18.3 Å². The van der Waals surface area contributed by atoms with Gasteiger partial charge in [0.05, 0.1) is 5.54 Å². The summed E-state index contributed by atoms with van der Waals surface area (Å²) in [5.41, 5.74) is 6.10. The number of amides is 1. The molecule has 3 rings (SSSR count). The van der Waals surface area contributed by atoms with Gasteiger partial charge in [-0.2, -0.15) is 5.10 Å². The summed E-state index contributed by atoms with van der Waals surface area (Å²) in [6.45, 7) is 0.404. The van der Waals surface area contributed by atoms with E-state index in [1.165, 1.54) is 0 Å². The van der Waals surface area contributed by atoms with E-state index in [0.717, 1.165) is 24.2 Å². The summed E-state index contributed by atoms with van der Waals surface area (Å²) in [6, 6.07) is 5.58. The lowest BCUT2D eigenvalue weighted by molar-refractivity contribution is -0.123. The first-order valence-corrected chi connectivity index (χ1v) is 6.20. The first-order valence-electron chi connectivity index (χ1n) is 6.20. The molecule has 1 aliphatic rings. The number of aromatic nitrogens is 3. The van der Waals surface area contributed by atoms with Gasteiger partial charge in [-0.15, -0.1) is 12.4 Å². The number of rotatable bonds is 4. The summed E-state index contributed by atoms with van der Waals surface area (Å²) in [5.74, 6) is 0.623. The number of hydrogen-bond acceptors (Lipinski definition) is 4. The highest BCUT2D eigenvalue weighted by Gasteiger charge is 2.45. The van der Waals surface area contributed by atoms with Crippen molar-refractivity contribution in [2.45, 2.75) is 24.9 Å². The summed E-state index contributed by atoms with van der Waals surface area (Å²) in [5, 5.41) is 7.01. The maximum Gasteiger partial charge on any atom is 0.240 e. The molecule has 1 saturated carbocycles. The molecule has 0 aliphatic heterocycles.